The molecule has 0 radical (unpaired) electrons. The van der Waals surface area contributed by atoms with E-state index in [9.17, 15) is 4.39 Å². The number of likely N-dealkylation sites (N-methyl/N-ethyl adjacent to an activating group) is 1. The van der Waals surface area contributed by atoms with Gasteiger partial charge in [0, 0.05) is 32.7 Å². The lowest BCUT2D eigenvalue weighted by atomic mass is 10.1. The average Bonchev–Trinajstić information content (AvgIpc) is 2.39. The molecule has 0 unspecified atom stereocenters. The van der Waals surface area contributed by atoms with Crippen LogP contribution in [0.1, 0.15) is 12.5 Å². The van der Waals surface area contributed by atoms with Gasteiger partial charge in [-0.2, -0.15) is 0 Å². The minimum absolute atomic E-state index is 0.111. The summed E-state index contributed by atoms with van der Waals surface area (Å²) in [5.74, 6) is -0.111. The Balaban J connectivity index is 2.10. The Bertz CT molecular complexity index is 387. The van der Waals surface area contributed by atoms with Crippen LogP contribution in [-0.4, -0.2) is 44.7 Å². The summed E-state index contributed by atoms with van der Waals surface area (Å²) in [7, 11) is 2.11. The van der Waals surface area contributed by atoms with Crippen molar-refractivity contribution in [3.05, 3.63) is 29.6 Å². The summed E-state index contributed by atoms with van der Waals surface area (Å²) in [6.07, 6.45) is 0. The normalized spacial score (nSPS) is 17.2. The number of hydrogen-bond donors (Lipinski definition) is 1. The molecule has 1 aromatic rings. The molecule has 0 bridgehead atoms. The second-order valence-corrected chi connectivity index (χ2v) is 4.86. The van der Waals surface area contributed by atoms with Gasteiger partial charge in [-0.1, -0.05) is 13.0 Å². The zero-order chi connectivity index (χ0) is 13.0. The molecule has 1 aromatic carbocycles. The van der Waals surface area contributed by atoms with Gasteiger partial charge in [-0.05, 0) is 31.3 Å². The van der Waals surface area contributed by atoms with Crippen LogP contribution in [-0.2, 0) is 6.54 Å². The molecular weight excluding hydrogens is 229 g/mol. The fourth-order valence-corrected chi connectivity index (χ4v) is 2.23. The van der Waals surface area contributed by atoms with Gasteiger partial charge in [-0.15, -0.1) is 0 Å². The SMILES string of the molecule is CCNCc1ccc(F)c(N2CCN(C)CC2)c1. The minimum atomic E-state index is -0.111. The molecule has 0 amide bonds. The van der Waals surface area contributed by atoms with Crippen LogP contribution in [0.5, 0.6) is 0 Å². The molecule has 18 heavy (non-hydrogen) atoms. The lowest BCUT2D eigenvalue weighted by molar-refractivity contribution is 0.311. The molecule has 4 heteroatoms. The lowest BCUT2D eigenvalue weighted by Crippen LogP contribution is -2.44. The van der Waals surface area contributed by atoms with E-state index in [0.717, 1.165) is 50.5 Å². The van der Waals surface area contributed by atoms with E-state index < -0.39 is 0 Å². The number of rotatable bonds is 4. The van der Waals surface area contributed by atoms with Gasteiger partial charge in [0.2, 0.25) is 0 Å². The molecule has 0 spiro atoms. The van der Waals surface area contributed by atoms with Crippen LogP contribution in [0.3, 0.4) is 0 Å². The van der Waals surface area contributed by atoms with Crippen LogP contribution in [0.25, 0.3) is 0 Å². The molecule has 0 aliphatic carbocycles. The lowest BCUT2D eigenvalue weighted by Gasteiger charge is -2.34. The highest BCUT2D eigenvalue weighted by molar-refractivity contribution is 5.50. The van der Waals surface area contributed by atoms with E-state index >= 15 is 0 Å². The van der Waals surface area contributed by atoms with Gasteiger partial charge >= 0.3 is 0 Å². The maximum Gasteiger partial charge on any atom is 0.146 e. The third kappa shape index (κ3) is 3.21. The topological polar surface area (TPSA) is 18.5 Å². The first-order valence-electron chi connectivity index (χ1n) is 6.63. The largest absolute Gasteiger partial charge is 0.367 e. The fourth-order valence-electron chi connectivity index (χ4n) is 2.23. The predicted octanol–water partition coefficient (Wildman–Crippen LogP) is 1.69. The second kappa shape index (κ2) is 6.16. The molecule has 0 aromatic heterocycles. The number of piperazine rings is 1. The predicted molar refractivity (Wildman–Crippen MR) is 73.5 cm³/mol. The van der Waals surface area contributed by atoms with Crippen LogP contribution in [0.2, 0.25) is 0 Å². The van der Waals surface area contributed by atoms with Crippen molar-refractivity contribution in [3.8, 4) is 0 Å². The molecular formula is C14H22FN3. The van der Waals surface area contributed by atoms with E-state index in [2.05, 4.69) is 29.1 Å². The number of anilines is 1. The van der Waals surface area contributed by atoms with Crippen molar-refractivity contribution >= 4 is 5.69 Å². The molecule has 1 heterocycles. The van der Waals surface area contributed by atoms with Crippen molar-refractivity contribution in [3.63, 3.8) is 0 Å². The van der Waals surface area contributed by atoms with E-state index in [0.29, 0.717) is 0 Å². The Kier molecular flexibility index (Phi) is 4.55. The minimum Gasteiger partial charge on any atom is -0.367 e. The summed E-state index contributed by atoms with van der Waals surface area (Å²) >= 11 is 0. The van der Waals surface area contributed by atoms with Gasteiger partial charge in [0.1, 0.15) is 5.82 Å². The highest BCUT2D eigenvalue weighted by Crippen LogP contribution is 2.22. The zero-order valence-corrected chi connectivity index (χ0v) is 11.2. The first kappa shape index (κ1) is 13.3. The molecule has 1 fully saturated rings. The summed E-state index contributed by atoms with van der Waals surface area (Å²) in [6, 6.07) is 5.42. The van der Waals surface area contributed by atoms with Gasteiger partial charge < -0.3 is 15.1 Å². The molecule has 1 aliphatic rings. The number of benzene rings is 1. The number of hydrogen-bond acceptors (Lipinski definition) is 3. The number of halogens is 1. The third-order valence-corrected chi connectivity index (χ3v) is 3.43. The van der Waals surface area contributed by atoms with Crippen LogP contribution in [0, 0.1) is 5.82 Å². The van der Waals surface area contributed by atoms with Crippen molar-refractivity contribution in [2.75, 3.05) is 44.7 Å². The van der Waals surface area contributed by atoms with E-state index in [-0.39, 0.29) is 5.82 Å². The summed E-state index contributed by atoms with van der Waals surface area (Å²) in [6.45, 7) is 7.60. The van der Waals surface area contributed by atoms with Gasteiger partial charge in [-0.25, -0.2) is 4.39 Å². The van der Waals surface area contributed by atoms with Crippen molar-refractivity contribution in [1.29, 1.82) is 0 Å². The first-order valence-corrected chi connectivity index (χ1v) is 6.63. The Hall–Kier alpha value is -1.13. The number of nitrogens with one attached hydrogen (secondary N) is 1. The monoisotopic (exact) mass is 251 g/mol. The average molecular weight is 251 g/mol. The van der Waals surface area contributed by atoms with Crippen LogP contribution in [0.4, 0.5) is 10.1 Å². The Labute approximate surface area is 109 Å². The van der Waals surface area contributed by atoms with Gasteiger partial charge in [0.05, 0.1) is 5.69 Å². The zero-order valence-electron chi connectivity index (χ0n) is 11.2. The number of nitrogens with zero attached hydrogens (tertiary/aromatic N) is 2. The molecule has 1 aliphatic heterocycles. The molecule has 3 nitrogen and oxygen atoms in total. The van der Waals surface area contributed by atoms with Crippen LogP contribution < -0.4 is 10.2 Å². The van der Waals surface area contributed by atoms with Crippen molar-refractivity contribution < 1.29 is 4.39 Å². The van der Waals surface area contributed by atoms with Crippen molar-refractivity contribution in [2.45, 2.75) is 13.5 Å². The Morgan fingerprint density at radius 2 is 1.94 bits per heavy atom. The third-order valence-electron chi connectivity index (χ3n) is 3.43. The Morgan fingerprint density at radius 3 is 2.61 bits per heavy atom. The van der Waals surface area contributed by atoms with E-state index in [1.54, 1.807) is 6.07 Å². The summed E-state index contributed by atoms with van der Waals surface area (Å²) in [5.41, 5.74) is 1.89. The maximum atomic E-state index is 13.9. The first-order chi connectivity index (χ1) is 8.70. The maximum absolute atomic E-state index is 13.9. The standard InChI is InChI=1S/C14H22FN3/c1-3-16-11-12-4-5-13(15)14(10-12)18-8-6-17(2)7-9-18/h4-5,10,16H,3,6-9,11H2,1-2H3. The van der Waals surface area contributed by atoms with Crippen molar-refractivity contribution in [1.82, 2.24) is 10.2 Å². The van der Waals surface area contributed by atoms with Crippen LogP contribution in [0.15, 0.2) is 18.2 Å². The van der Waals surface area contributed by atoms with E-state index in [1.807, 2.05) is 12.1 Å². The van der Waals surface area contributed by atoms with Crippen molar-refractivity contribution in [2.24, 2.45) is 0 Å². The van der Waals surface area contributed by atoms with Crippen LogP contribution >= 0.6 is 0 Å². The summed E-state index contributed by atoms with van der Waals surface area (Å²) in [5, 5.41) is 3.27. The van der Waals surface area contributed by atoms with Gasteiger partial charge in [0.15, 0.2) is 0 Å². The fraction of sp³-hybridized carbons (Fsp3) is 0.571. The van der Waals surface area contributed by atoms with E-state index in [1.165, 1.54) is 0 Å². The summed E-state index contributed by atoms with van der Waals surface area (Å²) < 4.78 is 13.9. The quantitative estimate of drug-likeness (QED) is 0.878. The summed E-state index contributed by atoms with van der Waals surface area (Å²) in [4.78, 5) is 4.42. The second-order valence-electron chi connectivity index (χ2n) is 4.86. The molecule has 1 N–H and O–H groups in total. The van der Waals surface area contributed by atoms with Gasteiger partial charge in [-0.3, -0.25) is 0 Å². The smallest absolute Gasteiger partial charge is 0.146 e. The molecule has 0 saturated carbocycles. The van der Waals surface area contributed by atoms with E-state index in [4.69, 9.17) is 0 Å². The molecule has 2 rings (SSSR count). The molecule has 100 valence electrons. The van der Waals surface area contributed by atoms with Gasteiger partial charge in [0.25, 0.3) is 0 Å². The Morgan fingerprint density at radius 1 is 1.22 bits per heavy atom. The molecule has 1 saturated heterocycles. The molecule has 0 atom stereocenters. The highest BCUT2D eigenvalue weighted by atomic mass is 19.1. The highest BCUT2D eigenvalue weighted by Gasteiger charge is 2.17.